The van der Waals surface area contributed by atoms with Crippen LogP contribution in [0.15, 0.2) is 33.7 Å². The molecule has 1 fully saturated rings. The number of nitrogens with one attached hydrogen (secondary N) is 1. The highest BCUT2D eigenvalue weighted by Gasteiger charge is 2.19. The molecule has 1 aliphatic carbocycles. The number of hydrogen-bond donors (Lipinski definition) is 1. The van der Waals surface area contributed by atoms with Gasteiger partial charge in [0.1, 0.15) is 12.2 Å². The van der Waals surface area contributed by atoms with Crippen molar-refractivity contribution in [3.8, 4) is 11.5 Å². The van der Waals surface area contributed by atoms with E-state index in [1.165, 1.54) is 11.0 Å². The lowest BCUT2D eigenvalue weighted by molar-refractivity contribution is -0.122. The Morgan fingerprint density at radius 2 is 2.14 bits per heavy atom. The van der Waals surface area contributed by atoms with Crippen LogP contribution in [0.2, 0.25) is 0 Å². The van der Waals surface area contributed by atoms with Crippen LogP contribution < -0.4 is 11.1 Å². The number of rotatable bonds is 4. The molecular formula is C15H18N4O3. The fraction of sp³-hybridized carbons (Fsp3) is 0.467. The van der Waals surface area contributed by atoms with Crippen LogP contribution in [0.25, 0.3) is 11.5 Å². The fourth-order valence-corrected chi connectivity index (χ4v) is 2.75. The molecule has 0 bridgehead atoms. The Kier molecular flexibility index (Phi) is 4.32. The lowest BCUT2D eigenvalue weighted by Crippen LogP contribution is -2.39. The van der Waals surface area contributed by atoms with Crippen molar-refractivity contribution >= 4 is 5.91 Å². The third-order valence-electron chi connectivity index (χ3n) is 3.85. The number of hydrogen-bond acceptors (Lipinski definition) is 5. The standard InChI is InChI=1S/C15H18N4O3/c20-13(17-11-6-2-1-3-7-11)10-19-14(18-22-15(19)21)12-8-4-5-9-16-12/h4-5,8-9,11H,1-3,6-7,10H2,(H,17,20). The minimum atomic E-state index is -0.653. The highest BCUT2D eigenvalue weighted by molar-refractivity contribution is 5.76. The van der Waals surface area contributed by atoms with Crippen LogP contribution in [0.1, 0.15) is 32.1 Å². The molecule has 2 heterocycles. The van der Waals surface area contributed by atoms with Crippen molar-refractivity contribution in [3.63, 3.8) is 0 Å². The van der Waals surface area contributed by atoms with Gasteiger partial charge in [-0.2, -0.15) is 0 Å². The summed E-state index contributed by atoms with van der Waals surface area (Å²) >= 11 is 0. The Hall–Kier alpha value is -2.44. The summed E-state index contributed by atoms with van der Waals surface area (Å²) < 4.78 is 5.89. The van der Waals surface area contributed by atoms with Gasteiger partial charge < -0.3 is 5.32 Å². The molecular weight excluding hydrogens is 284 g/mol. The lowest BCUT2D eigenvalue weighted by Gasteiger charge is -2.22. The van der Waals surface area contributed by atoms with Gasteiger partial charge in [-0.15, -0.1) is 0 Å². The zero-order valence-corrected chi connectivity index (χ0v) is 12.2. The minimum absolute atomic E-state index is 0.106. The second-order valence-electron chi connectivity index (χ2n) is 5.48. The van der Waals surface area contributed by atoms with Gasteiger partial charge in [0.15, 0.2) is 0 Å². The summed E-state index contributed by atoms with van der Waals surface area (Å²) in [5, 5.41) is 6.69. The Labute approximate surface area is 127 Å². The van der Waals surface area contributed by atoms with Crippen LogP contribution in [0, 0.1) is 0 Å². The fourth-order valence-electron chi connectivity index (χ4n) is 2.75. The van der Waals surface area contributed by atoms with Crippen molar-refractivity contribution < 1.29 is 9.32 Å². The predicted octanol–water partition coefficient (Wildman–Crippen LogP) is 1.35. The van der Waals surface area contributed by atoms with Crippen molar-refractivity contribution in [2.45, 2.75) is 44.7 Å². The molecule has 3 rings (SSSR count). The van der Waals surface area contributed by atoms with Crippen LogP contribution in [-0.2, 0) is 11.3 Å². The van der Waals surface area contributed by atoms with Crippen molar-refractivity contribution in [2.75, 3.05) is 0 Å². The van der Waals surface area contributed by atoms with Gasteiger partial charge in [-0.1, -0.05) is 30.5 Å². The molecule has 1 amide bonds. The summed E-state index contributed by atoms with van der Waals surface area (Å²) in [6.07, 6.45) is 7.09. The quantitative estimate of drug-likeness (QED) is 0.920. The summed E-state index contributed by atoms with van der Waals surface area (Å²) in [6, 6.07) is 5.47. The largest absolute Gasteiger partial charge is 0.442 e. The average Bonchev–Trinajstić information content (AvgIpc) is 2.90. The molecule has 0 radical (unpaired) electrons. The molecule has 0 aliphatic heterocycles. The molecule has 1 saturated carbocycles. The third-order valence-corrected chi connectivity index (χ3v) is 3.85. The van der Waals surface area contributed by atoms with Gasteiger partial charge in [0.25, 0.3) is 0 Å². The number of carbonyl (C=O) groups is 1. The molecule has 0 spiro atoms. The van der Waals surface area contributed by atoms with Crippen LogP contribution in [0.5, 0.6) is 0 Å². The topological polar surface area (TPSA) is 90.0 Å². The van der Waals surface area contributed by atoms with E-state index in [2.05, 4.69) is 20.0 Å². The van der Waals surface area contributed by atoms with Crippen LogP contribution in [-0.4, -0.2) is 26.7 Å². The minimum Gasteiger partial charge on any atom is -0.352 e. The highest BCUT2D eigenvalue weighted by atomic mass is 16.5. The second-order valence-corrected chi connectivity index (χ2v) is 5.48. The first kappa shape index (κ1) is 14.5. The summed E-state index contributed by atoms with van der Waals surface area (Å²) in [7, 11) is 0. The van der Waals surface area contributed by atoms with E-state index < -0.39 is 5.76 Å². The summed E-state index contributed by atoms with van der Waals surface area (Å²) in [5.74, 6) is -0.585. The molecule has 7 heteroatoms. The molecule has 22 heavy (non-hydrogen) atoms. The Morgan fingerprint density at radius 3 is 2.86 bits per heavy atom. The highest BCUT2D eigenvalue weighted by Crippen LogP contribution is 2.17. The number of aromatic nitrogens is 3. The summed E-state index contributed by atoms with van der Waals surface area (Å²) in [6.45, 7) is -0.106. The first-order chi connectivity index (χ1) is 10.7. The maximum Gasteiger partial charge on any atom is 0.442 e. The smallest absolute Gasteiger partial charge is 0.352 e. The zero-order chi connectivity index (χ0) is 15.4. The van der Waals surface area contributed by atoms with Gasteiger partial charge in [-0.05, 0) is 25.0 Å². The van der Waals surface area contributed by atoms with E-state index in [9.17, 15) is 9.59 Å². The normalized spacial score (nSPS) is 15.6. The summed E-state index contributed by atoms with van der Waals surface area (Å²) in [5.41, 5.74) is 0.499. The number of carbonyl (C=O) groups excluding carboxylic acids is 1. The zero-order valence-electron chi connectivity index (χ0n) is 12.2. The molecule has 2 aromatic heterocycles. The number of pyridine rings is 1. The second kappa shape index (κ2) is 6.55. The molecule has 0 unspecified atom stereocenters. The maximum atomic E-state index is 12.2. The Bertz CT molecular complexity index is 686. The van der Waals surface area contributed by atoms with Gasteiger partial charge in [-0.25, -0.2) is 9.36 Å². The molecule has 0 atom stereocenters. The van der Waals surface area contributed by atoms with E-state index in [0.29, 0.717) is 5.69 Å². The molecule has 0 aromatic carbocycles. The molecule has 116 valence electrons. The molecule has 1 aliphatic rings. The third kappa shape index (κ3) is 3.24. The maximum absolute atomic E-state index is 12.2. The van der Waals surface area contributed by atoms with E-state index in [-0.39, 0.29) is 24.3 Å². The lowest BCUT2D eigenvalue weighted by atomic mass is 9.95. The molecule has 7 nitrogen and oxygen atoms in total. The van der Waals surface area contributed by atoms with E-state index in [1.807, 2.05) is 0 Å². The SMILES string of the molecule is O=C(Cn1c(-c2ccccn2)noc1=O)NC1CCCCC1. The van der Waals surface area contributed by atoms with Crippen molar-refractivity contribution in [2.24, 2.45) is 0 Å². The van der Waals surface area contributed by atoms with Gasteiger partial charge >= 0.3 is 5.76 Å². The first-order valence-corrected chi connectivity index (χ1v) is 7.51. The van der Waals surface area contributed by atoms with Crippen LogP contribution in [0.4, 0.5) is 0 Å². The van der Waals surface area contributed by atoms with Crippen molar-refractivity contribution in [1.82, 2.24) is 20.0 Å². The van der Waals surface area contributed by atoms with Gasteiger partial charge in [0, 0.05) is 12.2 Å². The van der Waals surface area contributed by atoms with Crippen LogP contribution >= 0.6 is 0 Å². The summed E-state index contributed by atoms with van der Waals surface area (Å²) in [4.78, 5) is 28.1. The van der Waals surface area contributed by atoms with Gasteiger partial charge in [0.05, 0.1) is 0 Å². The first-order valence-electron chi connectivity index (χ1n) is 7.51. The number of amides is 1. The number of nitrogens with zero attached hydrogens (tertiary/aromatic N) is 3. The van der Waals surface area contributed by atoms with E-state index >= 15 is 0 Å². The molecule has 0 saturated heterocycles. The van der Waals surface area contributed by atoms with Crippen molar-refractivity contribution in [1.29, 1.82) is 0 Å². The van der Waals surface area contributed by atoms with Gasteiger partial charge in [0.2, 0.25) is 11.7 Å². The average molecular weight is 302 g/mol. The van der Waals surface area contributed by atoms with E-state index in [0.717, 1.165) is 25.7 Å². The molecule has 1 N–H and O–H groups in total. The Morgan fingerprint density at radius 1 is 1.32 bits per heavy atom. The molecule has 2 aromatic rings. The monoisotopic (exact) mass is 302 g/mol. The predicted molar refractivity (Wildman–Crippen MR) is 79.0 cm³/mol. The van der Waals surface area contributed by atoms with Crippen molar-refractivity contribution in [3.05, 3.63) is 34.9 Å². The van der Waals surface area contributed by atoms with Crippen LogP contribution in [0.3, 0.4) is 0 Å². The van der Waals surface area contributed by atoms with E-state index in [1.54, 1.807) is 24.4 Å². The Balaban J connectivity index is 1.73. The van der Waals surface area contributed by atoms with Gasteiger partial charge in [-0.3, -0.25) is 14.3 Å². The van der Waals surface area contributed by atoms with E-state index in [4.69, 9.17) is 0 Å².